The fraction of sp³-hybridized carbons (Fsp3) is 0.833. The van der Waals surface area contributed by atoms with E-state index in [1.54, 1.807) is 38.5 Å². The number of carbonyl (C=O) groups is 1. The fourth-order valence-electron chi connectivity index (χ4n) is 6.94. The Kier molecular flexibility index (Phi) is 3.09. The Morgan fingerprint density at radius 2 is 1.10 bits per heavy atom. The highest BCUT2D eigenvalue weighted by Crippen LogP contribution is 2.71. The topological polar surface area (TPSA) is 57.5 Å². The maximum Gasteiger partial charge on any atom is 0.334 e. The van der Waals surface area contributed by atoms with Crippen molar-refractivity contribution in [3.05, 3.63) is 11.8 Å². The summed E-state index contributed by atoms with van der Waals surface area (Å²) in [5, 5.41) is 15.9. The van der Waals surface area contributed by atoms with Crippen molar-refractivity contribution in [1.82, 2.24) is 0 Å². The highest BCUT2D eigenvalue weighted by molar-refractivity contribution is 5.85. The molecule has 3 nitrogen and oxygen atoms in total. The van der Waals surface area contributed by atoms with E-state index in [2.05, 4.69) is 0 Å². The second-order valence-electron chi connectivity index (χ2n) is 8.25. The molecule has 7 rings (SSSR count). The molecule has 7 saturated carbocycles. The van der Waals surface area contributed by atoms with Crippen LogP contribution in [0.3, 0.4) is 0 Å². The molecule has 0 aromatic rings. The second-order valence-corrected chi connectivity index (χ2v) is 8.25. The Bertz CT molecular complexity index is 393. The van der Waals surface area contributed by atoms with Crippen LogP contribution in [0.5, 0.6) is 0 Å². The Balaban J connectivity index is 0.000000144. The van der Waals surface area contributed by atoms with Crippen molar-refractivity contribution in [1.29, 1.82) is 0 Å². The van der Waals surface area contributed by atoms with E-state index in [0.29, 0.717) is 6.26 Å². The largest absolute Gasteiger partial charge is 0.515 e. The van der Waals surface area contributed by atoms with Gasteiger partial charge < -0.3 is 10.2 Å². The second kappa shape index (κ2) is 4.76. The summed E-state index contributed by atoms with van der Waals surface area (Å²) in [6, 6.07) is 0. The maximum absolute atomic E-state index is 9.70. The summed E-state index contributed by atoms with van der Waals surface area (Å²) < 4.78 is 0. The molecule has 0 aliphatic heterocycles. The Labute approximate surface area is 126 Å². The number of rotatable bonds is 1. The molecule has 2 N–H and O–H groups in total. The first-order chi connectivity index (χ1) is 10.1. The SMILES string of the molecule is C1C2CC3C4CC5CC(C14)C(C2)C3C5.CC(=CO)C(=O)O. The van der Waals surface area contributed by atoms with Crippen LogP contribution in [0.2, 0.25) is 0 Å². The van der Waals surface area contributed by atoms with Crippen molar-refractivity contribution in [3.63, 3.8) is 0 Å². The number of carboxylic acids is 1. The number of aliphatic hydroxyl groups is 1. The van der Waals surface area contributed by atoms with Crippen LogP contribution in [0.25, 0.3) is 0 Å². The van der Waals surface area contributed by atoms with Gasteiger partial charge in [0.1, 0.15) is 0 Å². The Morgan fingerprint density at radius 3 is 1.24 bits per heavy atom. The minimum absolute atomic E-state index is 0.0556. The van der Waals surface area contributed by atoms with Gasteiger partial charge in [-0.25, -0.2) is 4.79 Å². The molecule has 8 bridgehead atoms. The van der Waals surface area contributed by atoms with Gasteiger partial charge in [0.25, 0.3) is 0 Å². The van der Waals surface area contributed by atoms with Crippen molar-refractivity contribution >= 4 is 5.97 Å². The predicted octanol–water partition coefficient (Wildman–Crippen LogP) is 3.86. The van der Waals surface area contributed by atoms with E-state index in [-0.39, 0.29) is 5.57 Å². The third-order valence-electron chi connectivity index (χ3n) is 7.46. The number of aliphatic carboxylic acids is 1. The molecule has 21 heavy (non-hydrogen) atoms. The third kappa shape index (κ3) is 1.96. The summed E-state index contributed by atoms with van der Waals surface area (Å²) in [6.45, 7) is 1.31. The average molecular weight is 290 g/mol. The normalized spacial score (nSPS) is 51.8. The highest BCUT2D eigenvalue weighted by atomic mass is 16.4. The van der Waals surface area contributed by atoms with Crippen molar-refractivity contribution in [2.45, 2.75) is 45.4 Å². The summed E-state index contributed by atoms with van der Waals surface area (Å²) in [5.74, 6) is 8.64. The van der Waals surface area contributed by atoms with Gasteiger partial charge in [-0.3, -0.25) is 0 Å². The van der Waals surface area contributed by atoms with Gasteiger partial charge in [0.2, 0.25) is 0 Å². The zero-order valence-electron chi connectivity index (χ0n) is 12.7. The minimum Gasteiger partial charge on any atom is -0.515 e. The van der Waals surface area contributed by atoms with E-state index in [9.17, 15) is 4.79 Å². The van der Waals surface area contributed by atoms with Crippen molar-refractivity contribution < 1.29 is 15.0 Å². The molecule has 7 fully saturated rings. The van der Waals surface area contributed by atoms with Crippen LogP contribution < -0.4 is 0 Å². The van der Waals surface area contributed by atoms with E-state index in [1.807, 2.05) is 0 Å². The van der Waals surface area contributed by atoms with Gasteiger partial charge >= 0.3 is 5.97 Å². The molecule has 7 aliphatic rings. The molecule has 116 valence electrons. The first-order valence-electron chi connectivity index (χ1n) is 8.62. The Morgan fingerprint density at radius 1 is 0.810 bits per heavy atom. The van der Waals surface area contributed by atoms with Crippen LogP contribution >= 0.6 is 0 Å². The first-order valence-corrected chi connectivity index (χ1v) is 8.62. The average Bonchev–Trinajstić information content (AvgIpc) is 2.51. The van der Waals surface area contributed by atoms with Gasteiger partial charge in [-0.2, -0.15) is 0 Å². The fourth-order valence-corrected chi connectivity index (χ4v) is 6.94. The van der Waals surface area contributed by atoms with Gasteiger partial charge in [-0.05, 0) is 92.8 Å². The van der Waals surface area contributed by atoms with Crippen LogP contribution in [0.4, 0.5) is 0 Å². The molecule has 7 aliphatic carbocycles. The van der Waals surface area contributed by atoms with Crippen LogP contribution in [-0.4, -0.2) is 16.2 Å². The monoisotopic (exact) mass is 290 g/mol. The van der Waals surface area contributed by atoms with Crippen LogP contribution in [0, 0.1) is 47.3 Å². The van der Waals surface area contributed by atoms with E-state index in [1.165, 1.54) is 54.3 Å². The molecule has 0 aromatic heterocycles. The molecule has 0 radical (unpaired) electrons. The van der Waals surface area contributed by atoms with Crippen LogP contribution in [-0.2, 0) is 4.79 Å². The molecule has 3 heteroatoms. The third-order valence-corrected chi connectivity index (χ3v) is 7.46. The number of hydrogen-bond donors (Lipinski definition) is 2. The van der Waals surface area contributed by atoms with Crippen molar-refractivity contribution in [2.24, 2.45) is 47.3 Å². The lowest BCUT2D eigenvalue weighted by Gasteiger charge is -2.69. The molecule has 0 amide bonds. The quantitative estimate of drug-likeness (QED) is 0.569. The maximum atomic E-state index is 9.70. The van der Waals surface area contributed by atoms with Gasteiger partial charge in [0.15, 0.2) is 0 Å². The zero-order chi connectivity index (χ0) is 14.7. The summed E-state index contributed by atoms with van der Waals surface area (Å²) in [5.41, 5.74) is -0.0556. The predicted molar refractivity (Wildman–Crippen MR) is 79.6 cm³/mol. The lowest BCUT2D eigenvalue weighted by Crippen LogP contribution is -2.62. The van der Waals surface area contributed by atoms with Gasteiger partial charge in [0, 0.05) is 0 Å². The zero-order valence-corrected chi connectivity index (χ0v) is 12.7. The minimum atomic E-state index is -1.09. The van der Waals surface area contributed by atoms with Crippen LogP contribution in [0.15, 0.2) is 11.8 Å². The van der Waals surface area contributed by atoms with Gasteiger partial charge in [-0.1, -0.05) is 0 Å². The summed E-state index contributed by atoms with van der Waals surface area (Å²) in [4.78, 5) is 9.70. The van der Waals surface area contributed by atoms with E-state index < -0.39 is 5.97 Å². The van der Waals surface area contributed by atoms with Gasteiger partial charge in [-0.15, -0.1) is 0 Å². The van der Waals surface area contributed by atoms with E-state index in [0.717, 1.165) is 0 Å². The van der Waals surface area contributed by atoms with Crippen molar-refractivity contribution in [3.8, 4) is 0 Å². The van der Waals surface area contributed by atoms with E-state index in [4.69, 9.17) is 10.2 Å². The highest BCUT2D eigenvalue weighted by Gasteiger charge is 2.63. The summed E-state index contributed by atoms with van der Waals surface area (Å²) in [6.07, 6.45) is 10.5. The first kappa shape index (κ1) is 13.7. The molecule has 0 saturated heterocycles. The lowest BCUT2D eigenvalue weighted by molar-refractivity contribution is -0.202. The molecular weight excluding hydrogens is 264 g/mol. The molecule has 0 spiro atoms. The smallest absolute Gasteiger partial charge is 0.334 e. The Hall–Kier alpha value is -0.990. The summed E-state index contributed by atoms with van der Waals surface area (Å²) >= 11 is 0. The number of hydrogen-bond acceptors (Lipinski definition) is 2. The molecule has 0 unspecified atom stereocenters. The molecule has 0 aromatic carbocycles. The molecule has 0 atom stereocenters. The van der Waals surface area contributed by atoms with Crippen molar-refractivity contribution in [2.75, 3.05) is 0 Å². The number of aliphatic hydroxyl groups excluding tert-OH is 1. The standard InChI is InChI=1S/C14H20.C4H6O3/c1-7-2-12-10-4-8-5-11(9(1)10)13(3-7)14(12)6-8;1-3(2-5)4(6)7/h7-14H,1-6H2;2,5H,1H3,(H,6,7). The molecule has 0 heterocycles. The van der Waals surface area contributed by atoms with E-state index >= 15 is 0 Å². The van der Waals surface area contributed by atoms with Crippen LogP contribution in [0.1, 0.15) is 45.4 Å². The summed E-state index contributed by atoms with van der Waals surface area (Å²) in [7, 11) is 0. The molecular formula is C18H26O3. The lowest BCUT2D eigenvalue weighted by atomic mass is 9.36. The number of carboxylic acid groups (broad SMARTS) is 1. The van der Waals surface area contributed by atoms with Gasteiger partial charge in [0.05, 0.1) is 11.8 Å².